The molecule has 0 aliphatic heterocycles. The predicted molar refractivity (Wildman–Crippen MR) is 75.9 cm³/mol. The van der Waals surface area contributed by atoms with E-state index in [1.54, 1.807) is 0 Å². The zero-order valence-corrected chi connectivity index (χ0v) is 12.4. The Morgan fingerprint density at radius 1 is 1.28 bits per heavy atom. The Kier molecular flexibility index (Phi) is 6.98. The summed E-state index contributed by atoms with van der Waals surface area (Å²) in [7, 11) is 0. The number of aryl methyl sites for hydroxylation is 1. The number of thiophene rings is 1. The third-order valence-electron chi connectivity index (χ3n) is 2.64. The molecule has 0 bridgehead atoms. The molecule has 1 heterocycles. The van der Waals surface area contributed by atoms with Gasteiger partial charge in [0, 0.05) is 16.3 Å². The molecule has 18 heavy (non-hydrogen) atoms. The van der Waals surface area contributed by atoms with E-state index in [4.69, 9.17) is 4.74 Å². The SMILES string of the molecule is CCCN(CC(=O)OCC)Cc1ccc(CC)s1. The van der Waals surface area contributed by atoms with Gasteiger partial charge in [-0.3, -0.25) is 9.69 Å². The van der Waals surface area contributed by atoms with Crippen LogP contribution in [0.5, 0.6) is 0 Å². The Hall–Kier alpha value is -0.870. The van der Waals surface area contributed by atoms with Gasteiger partial charge in [-0.15, -0.1) is 11.3 Å². The fourth-order valence-electron chi connectivity index (χ4n) is 1.84. The second kappa shape index (κ2) is 8.27. The summed E-state index contributed by atoms with van der Waals surface area (Å²) in [4.78, 5) is 16.4. The fourth-order valence-corrected chi connectivity index (χ4v) is 2.84. The molecule has 4 heteroatoms. The van der Waals surface area contributed by atoms with Crippen LogP contribution in [-0.4, -0.2) is 30.6 Å². The molecule has 1 aromatic rings. The van der Waals surface area contributed by atoms with E-state index in [1.165, 1.54) is 9.75 Å². The molecule has 3 nitrogen and oxygen atoms in total. The van der Waals surface area contributed by atoms with Gasteiger partial charge in [-0.25, -0.2) is 0 Å². The average molecular weight is 269 g/mol. The van der Waals surface area contributed by atoms with Crippen LogP contribution in [0.15, 0.2) is 12.1 Å². The Labute approximate surface area is 114 Å². The van der Waals surface area contributed by atoms with Crippen molar-refractivity contribution in [1.29, 1.82) is 0 Å². The van der Waals surface area contributed by atoms with Crippen molar-refractivity contribution >= 4 is 17.3 Å². The standard InChI is InChI=1S/C14H23NO2S/c1-4-9-15(11-14(16)17-6-3)10-13-8-7-12(5-2)18-13/h7-8H,4-6,9-11H2,1-3H3. The maximum atomic E-state index is 11.5. The molecule has 0 radical (unpaired) electrons. The van der Waals surface area contributed by atoms with E-state index in [-0.39, 0.29) is 5.97 Å². The van der Waals surface area contributed by atoms with Gasteiger partial charge >= 0.3 is 5.97 Å². The zero-order valence-electron chi connectivity index (χ0n) is 11.6. The quantitative estimate of drug-likeness (QED) is 0.679. The molecule has 0 spiro atoms. The van der Waals surface area contributed by atoms with Gasteiger partial charge in [0.2, 0.25) is 0 Å². The molecule has 102 valence electrons. The minimum absolute atomic E-state index is 0.127. The number of hydrogen-bond acceptors (Lipinski definition) is 4. The van der Waals surface area contributed by atoms with Gasteiger partial charge in [-0.1, -0.05) is 13.8 Å². The molecule has 0 fully saturated rings. The molecule has 0 saturated heterocycles. The molecule has 1 rings (SSSR count). The highest BCUT2D eigenvalue weighted by Crippen LogP contribution is 2.18. The van der Waals surface area contributed by atoms with E-state index in [1.807, 2.05) is 18.3 Å². The summed E-state index contributed by atoms with van der Waals surface area (Å²) >= 11 is 1.83. The van der Waals surface area contributed by atoms with Crippen molar-refractivity contribution in [1.82, 2.24) is 4.90 Å². The van der Waals surface area contributed by atoms with E-state index in [0.29, 0.717) is 13.2 Å². The smallest absolute Gasteiger partial charge is 0.320 e. The van der Waals surface area contributed by atoms with Crippen molar-refractivity contribution in [2.24, 2.45) is 0 Å². The van der Waals surface area contributed by atoms with Crippen LogP contribution < -0.4 is 0 Å². The molecule has 0 atom stereocenters. The Balaban J connectivity index is 2.53. The van der Waals surface area contributed by atoms with Crippen LogP contribution in [-0.2, 0) is 22.5 Å². The van der Waals surface area contributed by atoms with Crippen LogP contribution >= 0.6 is 11.3 Å². The normalized spacial score (nSPS) is 10.9. The van der Waals surface area contributed by atoms with Crippen molar-refractivity contribution in [3.8, 4) is 0 Å². The number of carbonyl (C=O) groups is 1. The van der Waals surface area contributed by atoms with Crippen molar-refractivity contribution in [2.75, 3.05) is 19.7 Å². The average Bonchev–Trinajstić information content (AvgIpc) is 2.77. The maximum Gasteiger partial charge on any atom is 0.320 e. The summed E-state index contributed by atoms with van der Waals surface area (Å²) in [6, 6.07) is 4.34. The molecule has 0 aliphatic rings. The Bertz CT molecular complexity index is 362. The zero-order chi connectivity index (χ0) is 13.4. The molecule has 0 saturated carbocycles. The van der Waals surface area contributed by atoms with Gasteiger partial charge in [-0.05, 0) is 38.4 Å². The maximum absolute atomic E-state index is 11.5. The van der Waals surface area contributed by atoms with Gasteiger partial charge in [-0.2, -0.15) is 0 Å². The lowest BCUT2D eigenvalue weighted by Crippen LogP contribution is -2.31. The second-order valence-electron chi connectivity index (χ2n) is 4.24. The van der Waals surface area contributed by atoms with Gasteiger partial charge in [0.15, 0.2) is 0 Å². The van der Waals surface area contributed by atoms with Crippen LogP contribution in [0, 0.1) is 0 Å². The number of carbonyl (C=O) groups excluding carboxylic acids is 1. The highest BCUT2D eigenvalue weighted by molar-refractivity contribution is 7.11. The summed E-state index contributed by atoms with van der Waals surface area (Å²) in [5, 5.41) is 0. The molecule has 0 aromatic carbocycles. The highest BCUT2D eigenvalue weighted by Gasteiger charge is 2.12. The molecule has 0 N–H and O–H groups in total. The third-order valence-corrected chi connectivity index (χ3v) is 3.86. The lowest BCUT2D eigenvalue weighted by Gasteiger charge is -2.19. The van der Waals surface area contributed by atoms with Crippen LogP contribution in [0.3, 0.4) is 0 Å². The van der Waals surface area contributed by atoms with Gasteiger partial charge in [0.25, 0.3) is 0 Å². The van der Waals surface area contributed by atoms with Crippen LogP contribution in [0.4, 0.5) is 0 Å². The monoisotopic (exact) mass is 269 g/mol. The minimum atomic E-state index is -0.127. The largest absolute Gasteiger partial charge is 0.465 e. The van der Waals surface area contributed by atoms with Crippen molar-refractivity contribution in [2.45, 2.75) is 40.2 Å². The molecule has 1 aromatic heterocycles. The first-order valence-electron chi connectivity index (χ1n) is 6.65. The first-order valence-corrected chi connectivity index (χ1v) is 7.46. The first kappa shape index (κ1) is 15.2. The highest BCUT2D eigenvalue weighted by atomic mass is 32.1. The molecule has 0 aliphatic carbocycles. The van der Waals surface area contributed by atoms with Crippen molar-refractivity contribution < 1.29 is 9.53 Å². The topological polar surface area (TPSA) is 29.5 Å². The lowest BCUT2D eigenvalue weighted by atomic mass is 10.3. The summed E-state index contributed by atoms with van der Waals surface area (Å²) in [5.41, 5.74) is 0. The number of nitrogens with zero attached hydrogens (tertiary/aromatic N) is 1. The number of hydrogen-bond donors (Lipinski definition) is 0. The van der Waals surface area contributed by atoms with Gasteiger partial charge in [0.1, 0.15) is 0 Å². The number of esters is 1. The molecular formula is C14H23NO2S. The first-order chi connectivity index (χ1) is 8.69. The van der Waals surface area contributed by atoms with E-state index >= 15 is 0 Å². The van der Waals surface area contributed by atoms with Crippen molar-refractivity contribution in [3.63, 3.8) is 0 Å². The predicted octanol–water partition coefficient (Wildman–Crippen LogP) is 3.09. The van der Waals surface area contributed by atoms with Crippen molar-refractivity contribution in [3.05, 3.63) is 21.9 Å². The van der Waals surface area contributed by atoms with Crippen LogP contribution in [0.25, 0.3) is 0 Å². The number of ether oxygens (including phenoxy) is 1. The van der Waals surface area contributed by atoms with E-state index in [2.05, 4.69) is 30.9 Å². The van der Waals surface area contributed by atoms with Crippen LogP contribution in [0.2, 0.25) is 0 Å². The second-order valence-corrected chi connectivity index (χ2v) is 5.49. The van der Waals surface area contributed by atoms with E-state index in [0.717, 1.165) is 25.9 Å². The summed E-state index contributed by atoms with van der Waals surface area (Å²) in [6.07, 6.45) is 2.13. The fraction of sp³-hybridized carbons (Fsp3) is 0.643. The van der Waals surface area contributed by atoms with Crippen LogP contribution in [0.1, 0.15) is 36.9 Å². The third kappa shape index (κ3) is 5.19. The van der Waals surface area contributed by atoms with E-state index < -0.39 is 0 Å². The lowest BCUT2D eigenvalue weighted by molar-refractivity contribution is -0.144. The molecule has 0 unspecified atom stereocenters. The van der Waals surface area contributed by atoms with Gasteiger partial charge < -0.3 is 4.74 Å². The summed E-state index contributed by atoms with van der Waals surface area (Å²) in [5.74, 6) is -0.127. The van der Waals surface area contributed by atoms with E-state index in [9.17, 15) is 4.79 Å². The Morgan fingerprint density at radius 2 is 2.00 bits per heavy atom. The molecule has 0 amide bonds. The Morgan fingerprint density at radius 3 is 2.56 bits per heavy atom. The van der Waals surface area contributed by atoms with Gasteiger partial charge in [0.05, 0.1) is 13.2 Å². The molecular weight excluding hydrogens is 246 g/mol. The summed E-state index contributed by atoms with van der Waals surface area (Å²) < 4.78 is 5.01. The summed E-state index contributed by atoms with van der Waals surface area (Å²) in [6.45, 7) is 8.76. The minimum Gasteiger partial charge on any atom is -0.465 e. The number of rotatable bonds is 8.